The summed E-state index contributed by atoms with van der Waals surface area (Å²) in [5.74, 6) is 1.47. The largest absolute Gasteiger partial charge is 0.378 e. The maximum Gasteiger partial charge on any atom is 0.132 e. The van der Waals surface area contributed by atoms with Crippen LogP contribution in [0.25, 0.3) is 11.4 Å². The highest BCUT2D eigenvalue weighted by molar-refractivity contribution is 5.75. The minimum Gasteiger partial charge on any atom is -0.378 e. The Morgan fingerprint density at radius 3 is 2.60 bits per heavy atom. The number of hydrogen-bond acceptors (Lipinski definition) is 7. The number of nitrogens with zero attached hydrogens (tertiary/aromatic N) is 5. The van der Waals surface area contributed by atoms with Crippen LogP contribution in [0.2, 0.25) is 0 Å². The molecule has 0 unspecified atom stereocenters. The molecule has 1 aliphatic rings. The van der Waals surface area contributed by atoms with E-state index in [1.807, 2.05) is 24.3 Å². The molecule has 3 aromatic rings. The molecule has 1 saturated heterocycles. The summed E-state index contributed by atoms with van der Waals surface area (Å²) >= 11 is 0. The van der Waals surface area contributed by atoms with Gasteiger partial charge < -0.3 is 15.0 Å². The third-order valence-corrected chi connectivity index (χ3v) is 3.95. The number of pyridine rings is 2. The number of morpholine rings is 1. The van der Waals surface area contributed by atoms with Crippen LogP contribution in [-0.2, 0) is 4.74 Å². The van der Waals surface area contributed by atoms with E-state index in [4.69, 9.17) is 9.72 Å². The van der Waals surface area contributed by atoms with Gasteiger partial charge in [-0.15, -0.1) is 0 Å². The summed E-state index contributed by atoms with van der Waals surface area (Å²) in [7, 11) is 0. The minimum absolute atomic E-state index is 0.716. The summed E-state index contributed by atoms with van der Waals surface area (Å²) in [6, 6.07) is 9.73. The number of aromatic nitrogens is 4. The Labute approximate surface area is 145 Å². The summed E-state index contributed by atoms with van der Waals surface area (Å²) in [6.07, 6.45) is 6.82. The third kappa shape index (κ3) is 3.56. The van der Waals surface area contributed by atoms with Crippen LogP contribution in [0.1, 0.15) is 0 Å². The van der Waals surface area contributed by atoms with E-state index < -0.39 is 0 Å². The lowest BCUT2D eigenvalue weighted by atomic mass is 10.2. The Morgan fingerprint density at radius 2 is 1.84 bits per heavy atom. The fourth-order valence-corrected chi connectivity index (χ4v) is 2.76. The zero-order chi connectivity index (χ0) is 16.9. The molecule has 7 heteroatoms. The van der Waals surface area contributed by atoms with Crippen LogP contribution in [0.15, 0.2) is 55.1 Å². The van der Waals surface area contributed by atoms with E-state index in [0.29, 0.717) is 13.2 Å². The first-order valence-corrected chi connectivity index (χ1v) is 8.18. The monoisotopic (exact) mass is 334 g/mol. The molecule has 0 atom stereocenters. The van der Waals surface area contributed by atoms with Gasteiger partial charge in [0.2, 0.25) is 0 Å². The van der Waals surface area contributed by atoms with Crippen LogP contribution in [0.3, 0.4) is 0 Å². The van der Waals surface area contributed by atoms with E-state index in [2.05, 4.69) is 31.2 Å². The molecule has 0 spiro atoms. The normalized spacial score (nSPS) is 14.3. The maximum absolute atomic E-state index is 5.46. The van der Waals surface area contributed by atoms with Gasteiger partial charge in [-0.05, 0) is 24.3 Å². The van der Waals surface area contributed by atoms with Crippen molar-refractivity contribution in [3.05, 3.63) is 55.1 Å². The topological polar surface area (TPSA) is 76.1 Å². The lowest BCUT2D eigenvalue weighted by Crippen LogP contribution is -2.36. The van der Waals surface area contributed by atoms with E-state index in [1.165, 1.54) is 0 Å². The zero-order valence-corrected chi connectivity index (χ0v) is 13.7. The van der Waals surface area contributed by atoms with Crippen molar-refractivity contribution in [1.82, 2.24) is 19.9 Å². The second kappa shape index (κ2) is 7.23. The SMILES string of the molecule is c1ccc(Nc2ccc(N3CCOCC3)c(-c3cnccn3)n2)nc1. The van der Waals surface area contributed by atoms with Crippen molar-refractivity contribution in [2.75, 3.05) is 36.5 Å². The molecule has 0 aliphatic carbocycles. The fourth-order valence-electron chi connectivity index (χ4n) is 2.76. The molecule has 0 amide bonds. The van der Waals surface area contributed by atoms with Gasteiger partial charge in [0.25, 0.3) is 0 Å². The summed E-state index contributed by atoms with van der Waals surface area (Å²) in [5, 5.41) is 3.23. The van der Waals surface area contributed by atoms with Gasteiger partial charge in [-0.2, -0.15) is 0 Å². The molecule has 1 fully saturated rings. The Balaban J connectivity index is 1.71. The van der Waals surface area contributed by atoms with E-state index in [-0.39, 0.29) is 0 Å². The van der Waals surface area contributed by atoms with Crippen molar-refractivity contribution >= 4 is 17.3 Å². The maximum atomic E-state index is 5.46. The van der Waals surface area contributed by atoms with E-state index in [1.54, 1.807) is 24.8 Å². The van der Waals surface area contributed by atoms with Gasteiger partial charge in [0.15, 0.2) is 0 Å². The first-order valence-electron chi connectivity index (χ1n) is 8.18. The molecule has 3 aromatic heterocycles. The van der Waals surface area contributed by atoms with Gasteiger partial charge in [0, 0.05) is 31.7 Å². The van der Waals surface area contributed by atoms with Crippen molar-refractivity contribution in [3.8, 4) is 11.4 Å². The Hall–Kier alpha value is -3.06. The third-order valence-electron chi connectivity index (χ3n) is 3.95. The molecule has 25 heavy (non-hydrogen) atoms. The van der Waals surface area contributed by atoms with E-state index in [9.17, 15) is 0 Å². The highest BCUT2D eigenvalue weighted by Gasteiger charge is 2.18. The molecule has 0 bridgehead atoms. The summed E-state index contributed by atoms with van der Waals surface area (Å²) in [4.78, 5) is 19.9. The summed E-state index contributed by atoms with van der Waals surface area (Å²) in [6.45, 7) is 3.10. The van der Waals surface area contributed by atoms with Gasteiger partial charge in [-0.25, -0.2) is 9.97 Å². The average molecular weight is 334 g/mol. The van der Waals surface area contributed by atoms with Gasteiger partial charge in [-0.1, -0.05) is 6.07 Å². The summed E-state index contributed by atoms with van der Waals surface area (Å²) in [5.41, 5.74) is 2.58. The predicted molar refractivity (Wildman–Crippen MR) is 95.8 cm³/mol. The second-order valence-corrected chi connectivity index (χ2v) is 5.59. The van der Waals surface area contributed by atoms with Gasteiger partial charge in [0.1, 0.15) is 23.0 Å². The van der Waals surface area contributed by atoms with Crippen molar-refractivity contribution < 1.29 is 4.74 Å². The molecule has 4 rings (SSSR count). The highest BCUT2D eigenvalue weighted by Crippen LogP contribution is 2.30. The zero-order valence-electron chi connectivity index (χ0n) is 13.7. The van der Waals surface area contributed by atoms with E-state index >= 15 is 0 Å². The van der Waals surface area contributed by atoms with Gasteiger partial charge in [0.05, 0.1) is 25.1 Å². The summed E-state index contributed by atoms with van der Waals surface area (Å²) < 4.78 is 5.46. The molecule has 1 N–H and O–H groups in total. The van der Waals surface area contributed by atoms with Crippen LogP contribution in [0, 0.1) is 0 Å². The number of ether oxygens (including phenoxy) is 1. The smallest absolute Gasteiger partial charge is 0.132 e. The molecule has 1 aliphatic heterocycles. The van der Waals surface area contributed by atoms with E-state index in [0.717, 1.165) is 41.8 Å². The van der Waals surface area contributed by atoms with Crippen LogP contribution >= 0.6 is 0 Å². The first kappa shape index (κ1) is 15.5. The first-order chi connectivity index (χ1) is 12.4. The van der Waals surface area contributed by atoms with Crippen LogP contribution in [-0.4, -0.2) is 46.2 Å². The predicted octanol–water partition coefficient (Wildman–Crippen LogP) is 2.51. The van der Waals surface area contributed by atoms with Crippen molar-refractivity contribution in [1.29, 1.82) is 0 Å². The van der Waals surface area contributed by atoms with Crippen LogP contribution in [0.4, 0.5) is 17.3 Å². The van der Waals surface area contributed by atoms with Gasteiger partial charge in [-0.3, -0.25) is 9.97 Å². The fraction of sp³-hybridized carbons (Fsp3) is 0.222. The standard InChI is InChI=1S/C18H18N6O/c1-2-6-21-16(3-1)22-17-5-4-15(24-9-11-25-12-10-24)18(23-17)14-13-19-7-8-20-14/h1-8,13H,9-12H2,(H,21,22,23). The quantitative estimate of drug-likeness (QED) is 0.785. The Kier molecular flexibility index (Phi) is 4.47. The van der Waals surface area contributed by atoms with Crippen molar-refractivity contribution in [2.45, 2.75) is 0 Å². The molecule has 7 nitrogen and oxygen atoms in total. The van der Waals surface area contributed by atoms with Crippen molar-refractivity contribution in [2.24, 2.45) is 0 Å². The average Bonchev–Trinajstić information content (AvgIpc) is 2.70. The second-order valence-electron chi connectivity index (χ2n) is 5.59. The number of nitrogens with one attached hydrogen (secondary N) is 1. The molecule has 4 heterocycles. The van der Waals surface area contributed by atoms with Gasteiger partial charge >= 0.3 is 0 Å². The molecule has 0 saturated carbocycles. The molecular weight excluding hydrogens is 316 g/mol. The lowest BCUT2D eigenvalue weighted by molar-refractivity contribution is 0.122. The van der Waals surface area contributed by atoms with Crippen LogP contribution in [0.5, 0.6) is 0 Å². The minimum atomic E-state index is 0.716. The molecule has 0 aromatic carbocycles. The molecule has 0 radical (unpaired) electrons. The Bertz CT molecular complexity index is 821. The molecular formula is C18H18N6O. The Morgan fingerprint density at radius 1 is 0.920 bits per heavy atom. The number of anilines is 3. The molecule has 126 valence electrons. The van der Waals surface area contributed by atoms with Crippen molar-refractivity contribution in [3.63, 3.8) is 0 Å². The number of hydrogen-bond donors (Lipinski definition) is 1. The highest BCUT2D eigenvalue weighted by atomic mass is 16.5. The van der Waals surface area contributed by atoms with Crippen LogP contribution < -0.4 is 10.2 Å². The number of rotatable bonds is 4. The lowest BCUT2D eigenvalue weighted by Gasteiger charge is -2.30.